The average molecular weight is 568 g/mol. The molecule has 14 heteroatoms. The molecule has 0 spiro atoms. The van der Waals surface area contributed by atoms with Crippen molar-refractivity contribution in [2.24, 2.45) is 5.73 Å². The van der Waals surface area contributed by atoms with E-state index in [2.05, 4.69) is 33.6 Å². The Labute approximate surface area is 229 Å². The maximum Gasteiger partial charge on any atom is 0.326 e. The van der Waals surface area contributed by atoms with Crippen molar-refractivity contribution in [3.05, 3.63) is 36.0 Å². The lowest BCUT2D eigenvalue weighted by Crippen LogP contribution is -2.58. The number of hydrogen-bond donors (Lipinski definition) is 8. The van der Waals surface area contributed by atoms with Crippen molar-refractivity contribution < 1.29 is 34.2 Å². The molecule has 12 nitrogen and oxygen atoms in total. The first-order chi connectivity index (χ1) is 18.1. The van der Waals surface area contributed by atoms with Crippen LogP contribution in [0.25, 0.3) is 10.9 Å². The molecule has 0 aliphatic carbocycles. The molecule has 0 saturated heterocycles. The molecule has 2 rings (SSSR count). The molecule has 208 valence electrons. The number of amides is 3. The number of para-hydroxylation sites is 1. The zero-order valence-electron chi connectivity index (χ0n) is 20.8. The van der Waals surface area contributed by atoms with Crippen LogP contribution in [0.2, 0.25) is 0 Å². The Balaban J connectivity index is 2.09. The fourth-order valence-electron chi connectivity index (χ4n) is 3.65. The SMILES string of the molecule is CSCCC(N)C(=O)NC(CCC(=O)O)C(=O)NC(CS)C(=O)NC(Cc1c[nH]c2ccccc12)C(=O)O. The summed E-state index contributed by atoms with van der Waals surface area (Å²) in [6.07, 6.45) is 3.22. The van der Waals surface area contributed by atoms with Crippen molar-refractivity contribution in [3.8, 4) is 0 Å². The third kappa shape index (κ3) is 9.26. The molecular formula is C24H33N5O7S2. The summed E-state index contributed by atoms with van der Waals surface area (Å²) >= 11 is 5.60. The summed E-state index contributed by atoms with van der Waals surface area (Å²) in [5.41, 5.74) is 7.36. The third-order valence-corrected chi connectivity index (χ3v) is 6.79. The molecule has 0 aliphatic heterocycles. The molecule has 0 fully saturated rings. The van der Waals surface area contributed by atoms with Crippen LogP contribution in [0.3, 0.4) is 0 Å². The number of carbonyl (C=O) groups is 5. The van der Waals surface area contributed by atoms with Gasteiger partial charge in [-0.2, -0.15) is 24.4 Å². The Morgan fingerprint density at radius 2 is 1.61 bits per heavy atom. The molecule has 0 radical (unpaired) electrons. The molecule has 4 unspecified atom stereocenters. The minimum atomic E-state index is -1.29. The number of nitrogens with two attached hydrogens (primary N) is 1. The van der Waals surface area contributed by atoms with Gasteiger partial charge in [0.1, 0.15) is 18.1 Å². The first kappa shape index (κ1) is 31.0. The van der Waals surface area contributed by atoms with Crippen molar-refractivity contribution >= 4 is 65.0 Å². The highest BCUT2D eigenvalue weighted by Gasteiger charge is 2.30. The number of aromatic amines is 1. The predicted octanol–water partition coefficient (Wildman–Crippen LogP) is 0.124. The maximum atomic E-state index is 12.9. The molecule has 8 N–H and O–H groups in total. The fraction of sp³-hybridized carbons (Fsp3) is 0.458. The van der Waals surface area contributed by atoms with E-state index in [1.807, 2.05) is 30.5 Å². The number of aliphatic carboxylic acids is 2. The Kier molecular flexibility index (Phi) is 12.4. The number of thioether (sulfide) groups is 1. The standard InChI is InChI=1S/C24H33N5O7S2/c1-38-9-8-15(25)21(32)27-17(6-7-20(30)31)22(33)29-19(12-37)23(34)28-18(24(35)36)10-13-11-26-16-5-3-2-4-14(13)16/h2-5,11,15,17-19,26,37H,6-10,12,25H2,1H3,(H,27,32)(H,28,34)(H,29,33)(H,30,31)(H,35,36). The summed E-state index contributed by atoms with van der Waals surface area (Å²) in [5, 5.41) is 26.9. The van der Waals surface area contributed by atoms with Crippen LogP contribution >= 0.6 is 24.4 Å². The van der Waals surface area contributed by atoms with Crippen LogP contribution < -0.4 is 21.7 Å². The average Bonchev–Trinajstić information content (AvgIpc) is 3.29. The van der Waals surface area contributed by atoms with Crippen molar-refractivity contribution in [2.45, 2.75) is 49.9 Å². The number of nitrogens with one attached hydrogen (secondary N) is 4. The van der Waals surface area contributed by atoms with Gasteiger partial charge in [-0.1, -0.05) is 18.2 Å². The van der Waals surface area contributed by atoms with Crippen LogP contribution in [0.15, 0.2) is 30.5 Å². The van der Waals surface area contributed by atoms with E-state index in [4.69, 9.17) is 10.8 Å². The zero-order valence-corrected chi connectivity index (χ0v) is 22.5. The van der Waals surface area contributed by atoms with Gasteiger partial charge in [-0.05, 0) is 36.5 Å². The minimum absolute atomic E-state index is 0.0104. The van der Waals surface area contributed by atoms with Gasteiger partial charge >= 0.3 is 11.9 Å². The Bertz CT molecular complexity index is 1140. The molecule has 38 heavy (non-hydrogen) atoms. The Hall–Kier alpha value is -3.23. The van der Waals surface area contributed by atoms with Crippen LogP contribution in [-0.4, -0.2) is 86.8 Å². The Morgan fingerprint density at radius 3 is 2.24 bits per heavy atom. The second-order valence-corrected chi connectivity index (χ2v) is 9.94. The van der Waals surface area contributed by atoms with Crippen LogP contribution in [0.4, 0.5) is 0 Å². The zero-order chi connectivity index (χ0) is 28.2. The number of carbonyl (C=O) groups excluding carboxylic acids is 3. The quantitative estimate of drug-likeness (QED) is 0.130. The predicted molar refractivity (Wildman–Crippen MR) is 147 cm³/mol. The number of carboxylic acid groups (broad SMARTS) is 2. The van der Waals surface area contributed by atoms with Gasteiger partial charge in [0.25, 0.3) is 0 Å². The van der Waals surface area contributed by atoms with Crippen LogP contribution in [0.1, 0.15) is 24.8 Å². The van der Waals surface area contributed by atoms with Crippen LogP contribution in [0, 0.1) is 0 Å². The number of thiol groups is 1. The van der Waals surface area contributed by atoms with E-state index in [9.17, 15) is 29.1 Å². The summed E-state index contributed by atoms with van der Waals surface area (Å²) in [7, 11) is 0. The Morgan fingerprint density at radius 1 is 0.974 bits per heavy atom. The van der Waals surface area contributed by atoms with E-state index < -0.39 is 60.2 Å². The molecule has 1 heterocycles. The monoisotopic (exact) mass is 567 g/mol. The molecule has 0 bridgehead atoms. The lowest BCUT2D eigenvalue weighted by molar-refractivity contribution is -0.142. The summed E-state index contributed by atoms with van der Waals surface area (Å²) in [6.45, 7) is 0. The number of fused-ring (bicyclic) bond motifs is 1. The highest BCUT2D eigenvalue weighted by atomic mass is 32.2. The molecule has 0 saturated carbocycles. The number of hydrogen-bond acceptors (Lipinski definition) is 8. The smallest absolute Gasteiger partial charge is 0.326 e. The molecule has 3 amide bonds. The van der Waals surface area contributed by atoms with Gasteiger partial charge in [0.05, 0.1) is 6.04 Å². The van der Waals surface area contributed by atoms with Crippen molar-refractivity contribution in [1.82, 2.24) is 20.9 Å². The first-order valence-corrected chi connectivity index (χ1v) is 13.9. The second-order valence-electron chi connectivity index (χ2n) is 8.59. The van der Waals surface area contributed by atoms with Gasteiger partial charge in [0, 0.05) is 35.7 Å². The van der Waals surface area contributed by atoms with Crippen molar-refractivity contribution in [1.29, 1.82) is 0 Å². The molecule has 2 aromatic rings. The molecule has 0 aliphatic rings. The van der Waals surface area contributed by atoms with E-state index in [0.29, 0.717) is 17.7 Å². The lowest BCUT2D eigenvalue weighted by atomic mass is 10.0. The number of aromatic nitrogens is 1. The van der Waals surface area contributed by atoms with Crippen molar-refractivity contribution in [3.63, 3.8) is 0 Å². The van der Waals surface area contributed by atoms with Gasteiger partial charge in [-0.3, -0.25) is 19.2 Å². The summed E-state index contributed by atoms with van der Waals surface area (Å²) in [6, 6.07) is 2.62. The summed E-state index contributed by atoms with van der Waals surface area (Å²) < 4.78 is 0. The molecule has 4 atom stereocenters. The van der Waals surface area contributed by atoms with Gasteiger partial charge in [0.2, 0.25) is 17.7 Å². The van der Waals surface area contributed by atoms with Gasteiger partial charge in [-0.15, -0.1) is 0 Å². The first-order valence-electron chi connectivity index (χ1n) is 11.8. The largest absolute Gasteiger partial charge is 0.481 e. The highest BCUT2D eigenvalue weighted by molar-refractivity contribution is 7.98. The minimum Gasteiger partial charge on any atom is -0.481 e. The van der Waals surface area contributed by atoms with E-state index in [1.54, 1.807) is 6.20 Å². The van der Waals surface area contributed by atoms with Gasteiger partial charge in [-0.25, -0.2) is 4.79 Å². The number of rotatable bonds is 16. The van der Waals surface area contributed by atoms with E-state index in [-0.39, 0.29) is 18.6 Å². The number of carboxylic acids is 2. The van der Waals surface area contributed by atoms with Crippen LogP contribution in [-0.2, 0) is 30.4 Å². The lowest BCUT2D eigenvalue weighted by Gasteiger charge is -2.24. The molecule has 1 aromatic carbocycles. The third-order valence-electron chi connectivity index (χ3n) is 5.78. The summed E-state index contributed by atoms with van der Waals surface area (Å²) in [4.78, 5) is 64.3. The highest BCUT2D eigenvalue weighted by Crippen LogP contribution is 2.19. The second kappa shape index (κ2) is 15.2. The molecular weight excluding hydrogens is 534 g/mol. The molecule has 1 aromatic heterocycles. The summed E-state index contributed by atoms with van der Waals surface area (Å²) in [5.74, 6) is -4.22. The van der Waals surface area contributed by atoms with Gasteiger partial charge in [0.15, 0.2) is 0 Å². The number of benzene rings is 1. The fourth-order valence-corrected chi connectivity index (χ4v) is 4.40. The van der Waals surface area contributed by atoms with E-state index in [1.165, 1.54) is 11.8 Å². The van der Waals surface area contributed by atoms with Crippen molar-refractivity contribution in [2.75, 3.05) is 17.8 Å². The normalized spacial score (nSPS) is 14.2. The van der Waals surface area contributed by atoms with Gasteiger partial charge < -0.3 is 36.9 Å². The van der Waals surface area contributed by atoms with E-state index >= 15 is 0 Å². The van der Waals surface area contributed by atoms with Crippen LogP contribution in [0.5, 0.6) is 0 Å². The number of H-pyrrole nitrogens is 1. The topological polar surface area (TPSA) is 204 Å². The van der Waals surface area contributed by atoms with E-state index in [0.717, 1.165) is 10.9 Å². The maximum absolute atomic E-state index is 12.9.